The zero-order chi connectivity index (χ0) is 17.0. The lowest BCUT2D eigenvalue weighted by atomic mass is 9.90. The molecule has 0 aliphatic carbocycles. The van der Waals surface area contributed by atoms with Gasteiger partial charge in [-0.3, -0.25) is 4.79 Å². The van der Waals surface area contributed by atoms with Crippen LogP contribution >= 0.6 is 0 Å². The van der Waals surface area contributed by atoms with Crippen molar-refractivity contribution in [2.45, 2.75) is 26.3 Å². The highest BCUT2D eigenvalue weighted by Gasteiger charge is 2.42. The molecule has 2 N–H and O–H groups in total. The number of carbonyl (C=O) groups excluding carboxylic acids is 1. The number of carboxylic acid groups (broad SMARTS) is 1. The maximum Gasteiger partial charge on any atom is 0.317 e. The third kappa shape index (κ3) is 4.34. The van der Waals surface area contributed by atoms with Crippen LogP contribution in [0.1, 0.15) is 20.3 Å². The van der Waals surface area contributed by atoms with Gasteiger partial charge in [0, 0.05) is 19.2 Å². The fraction of sp³-hybridized carbons (Fsp3) is 0.500. The maximum absolute atomic E-state index is 13.0. The van der Waals surface area contributed by atoms with Crippen molar-refractivity contribution in [3.05, 3.63) is 30.1 Å². The number of rotatable bonds is 5. The number of hydrogen-bond donors (Lipinski definition) is 2. The van der Waals surface area contributed by atoms with Crippen molar-refractivity contribution in [1.82, 2.24) is 10.2 Å². The number of amides is 2. The van der Waals surface area contributed by atoms with Crippen LogP contribution in [0.15, 0.2) is 24.3 Å². The average molecular weight is 324 g/mol. The summed E-state index contributed by atoms with van der Waals surface area (Å²) in [5.74, 6) is -0.884. The number of likely N-dealkylation sites (tertiary alicyclic amines) is 1. The van der Waals surface area contributed by atoms with Crippen LogP contribution in [0, 0.1) is 11.2 Å². The predicted molar refractivity (Wildman–Crippen MR) is 81.8 cm³/mol. The van der Waals surface area contributed by atoms with Crippen molar-refractivity contribution in [3.63, 3.8) is 0 Å². The molecule has 2 unspecified atom stereocenters. The van der Waals surface area contributed by atoms with Crippen molar-refractivity contribution in [2.24, 2.45) is 5.41 Å². The molecular weight excluding hydrogens is 303 g/mol. The van der Waals surface area contributed by atoms with Crippen molar-refractivity contribution in [2.75, 3.05) is 19.7 Å². The smallest absolute Gasteiger partial charge is 0.317 e. The predicted octanol–water partition coefficient (Wildman–Crippen LogP) is 2.10. The van der Waals surface area contributed by atoms with Crippen LogP contribution in [-0.2, 0) is 4.79 Å². The molecule has 0 bridgehead atoms. The summed E-state index contributed by atoms with van der Waals surface area (Å²) in [6.07, 6.45) is 0.434. The van der Waals surface area contributed by atoms with E-state index in [4.69, 9.17) is 4.74 Å². The summed E-state index contributed by atoms with van der Waals surface area (Å²) in [6.45, 7) is 4.19. The van der Waals surface area contributed by atoms with E-state index in [0.717, 1.165) is 0 Å². The van der Waals surface area contributed by atoms with Gasteiger partial charge in [0.05, 0.1) is 11.5 Å². The van der Waals surface area contributed by atoms with E-state index in [2.05, 4.69) is 5.32 Å². The summed E-state index contributed by atoms with van der Waals surface area (Å²) >= 11 is 0. The molecule has 1 fully saturated rings. The molecule has 2 rings (SSSR count). The number of aliphatic carboxylic acids is 1. The average Bonchev–Trinajstić information content (AvgIpc) is 2.89. The Morgan fingerprint density at radius 2 is 2.26 bits per heavy atom. The fourth-order valence-corrected chi connectivity index (χ4v) is 2.43. The highest BCUT2D eigenvalue weighted by Crippen LogP contribution is 2.30. The quantitative estimate of drug-likeness (QED) is 0.869. The van der Waals surface area contributed by atoms with Gasteiger partial charge in [-0.05, 0) is 32.4 Å². The molecule has 1 saturated heterocycles. The molecule has 1 heterocycles. The zero-order valence-corrected chi connectivity index (χ0v) is 13.2. The van der Waals surface area contributed by atoms with Crippen LogP contribution < -0.4 is 10.1 Å². The van der Waals surface area contributed by atoms with Crippen molar-refractivity contribution in [3.8, 4) is 5.75 Å². The second-order valence-corrected chi connectivity index (χ2v) is 6.16. The number of benzene rings is 1. The second kappa shape index (κ2) is 6.85. The zero-order valence-electron chi connectivity index (χ0n) is 13.2. The van der Waals surface area contributed by atoms with Gasteiger partial charge in [0.2, 0.25) is 0 Å². The fourth-order valence-electron chi connectivity index (χ4n) is 2.43. The summed E-state index contributed by atoms with van der Waals surface area (Å²) in [4.78, 5) is 24.8. The van der Waals surface area contributed by atoms with Gasteiger partial charge in [0.1, 0.15) is 18.2 Å². The molecule has 0 aromatic heterocycles. The highest BCUT2D eigenvalue weighted by atomic mass is 19.1. The molecule has 1 aliphatic heterocycles. The number of halogens is 1. The van der Waals surface area contributed by atoms with E-state index in [0.29, 0.717) is 18.7 Å². The number of nitrogens with zero attached hydrogens (tertiary/aromatic N) is 1. The Kier molecular flexibility index (Phi) is 5.08. The Balaban J connectivity index is 1.80. The summed E-state index contributed by atoms with van der Waals surface area (Å²) < 4.78 is 18.5. The van der Waals surface area contributed by atoms with Crippen LogP contribution in [0.5, 0.6) is 5.75 Å². The van der Waals surface area contributed by atoms with E-state index in [1.807, 2.05) is 0 Å². The molecule has 6 nitrogen and oxygen atoms in total. The Morgan fingerprint density at radius 3 is 2.87 bits per heavy atom. The van der Waals surface area contributed by atoms with Crippen molar-refractivity contribution >= 4 is 12.0 Å². The van der Waals surface area contributed by atoms with Gasteiger partial charge >= 0.3 is 12.0 Å². The minimum Gasteiger partial charge on any atom is -0.491 e. The first kappa shape index (κ1) is 17.1. The van der Waals surface area contributed by atoms with E-state index in [1.54, 1.807) is 26.0 Å². The lowest BCUT2D eigenvalue weighted by molar-refractivity contribution is -0.147. The lowest BCUT2D eigenvalue weighted by Crippen LogP contribution is -2.46. The molecule has 0 spiro atoms. The molecule has 0 saturated carbocycles. The minimum absolute atomic E-state index is 0.186. The second-order valence-electron chi connectivity index (χ2n) is 6.16. The molecular formula is C16H21FN2O4. The SMILES string of the molecule is CC(COc1cccc(F)c1)NC(=O)N1CCC(C)(C(=O)O)C1. The third-order valence-corrected chi connectivity index (χ3v) is 3.94. The van der Waals surface area contributed by atoms with Crippen molar-refractivity contribution in [1.29, 1.82) is 0 Å². The van der Waals surface area contributed by atoms with E-state index >= 15 is 0 Å². The monoisotopic (exact) mass is 324 g/mol. The summed E-state index contributed by atoms with van der Waals surface area (Å²) in [7, 11) is 0. The van der Waals surface area contributed by atoms with E-state index < -0.39 is 11.4 Å². The highest BCUT2D eigenvalue weighted by molar-refractivity contribution is 5.79. The Morgan fingerprint density at radius 1 is 1.52 bits per heavy atom. The largest absolute Gasteiger partial charge is 0.491 e. The van der Waals surface area contributed by atoms with Gasteiger partial charge in [-0.2, -0.15) is 0 Å². The van der Waals surface area contributed by atoms with Crippen LogP contribution in [-0.4, -0.2) is 47.7 Å². The molecule has 1 aliphatic rings. The maximum atomic E-state index is 13.0. The first-order valence-corrected chi connectivity index (χ1v) is 7.47. The topological polar surface area (TPSA) is 78.9 Å². The van der Waals surface area contributed by atoms with Crippen LogP contribution in [0.4, 0.5) is 9.18 Å². The summed E-state index contributed by atoms with van der Waals surface area (Å²) in [6, 6.07) is 5.17. The van der Waals surface area contributed by atoms with Gasteiger partial charge in [0.15, 0.2) is 0 Å². The molecule has 2 amide bonds. The minimum atomic E-state index is -0.893. The first-order chi connectivity index (χ1) is 10.8. The van der Waals surface area contributed by atoms with Gasteiger partial charge in [-0.25, -0.2) is 9.18 Å². The molecule has 7 heteroatoms. The molecule has 23 heavy (non-hydrogen) atoms. The van der Waals surface area contributed by atoms with Crippen LogP contribution in [0.2, 0.25) is 0 Å². The lowest BCUT2D eigenvalue weighted by Gasteiger charge is -2.23. The van der Waals surface area contributed by atoms with Crippen molar-refractivity contribution < 1.29 is 23.8 Å². The van der Waals surface area contributed by atoms with E-state index in [-0.39, 0.29) is 31.0 Å². The van der Waals surface area contributed by atoms with Gasteiger partial charge in [-0.15, -0.1) is 0 Å². The molecule has 1 aromatic rings. The molecule has 126 valence electrons. The number of ether oxygens (including phenoxy) is 1. The van der Waals surface area contributed by atoms with E-state index in [1.165, 1.54) is 17.0 Å². The number of hydrogen-bond acceptors (Lipinski definition) is 3. The van der Waals surface area contributed by atoms with E-state index in [9.17, 15) is 19.1 Å². The van der Waals surface area contributed by atoms with Gasteiger partial charge in [-0.1, -0.05) is 6.07 Å². The van der Waals surface area contributed by atoms with Crippen LogP contribution in [0.3, 0.4) is 0 Å². The molecule has 2 atom stereocenters. The Bertz CT molecular complexity index is 595. The van der Waals surface area contributed by atoms with Crippen LogP contribution in [0.25, 0.3) is 0 Å². The number of carboxylic acids is 1. The Labute approximate surface area is 134 Å². The number of nitrogens with one attached hydrogen (secondary N) is 1. The molecule has 1 aromatic carbocycles. The summed E-state index contributed by atoms with van der Waals surface area (Å²) in [5, 5.41) is 11.9. The van der Waals surface area contributed by atoms with Gasteiger partial charge < -0.3 is 20.1 Å². The Hall–Kier alpha value is -2.31. The third-order valence-electron chi connectivity index (χ3n) is 3.94. The number of carbonyl (C=O) groups is 2. The molecule has 0 radical (unpaired) electrons. The normalized spacial score (nSPS) is 21.8. The first-order valence-electron chi connectivity index (χ1n) is 7.47. The standard InChI is InChI=1S/C16H21FN2O4/c1-11(9-23-13-5-3-4-12(17)8-13)18-15(22)19-7-6-16(2,10-19)14(20)21/h3-5,8,11H,6-7,9-10H2,1-2H3,(H,18,22)(H,20,21). The van der Waals surface area contributed by atoms with Gasteiger partial charge in [0.25, 0.3) is 0 Å². The summed E-state index contributed by atoms with van der Waals surface area (Å²) in [5.41, 5.74) is -0.890. The number of urea groups is 1.